The van der Waals surface area contributed by atoms with E-state index in [0.717, 1.165) is 21.9 Å². The molecule has 1 heterocycles. The lowest BCUT2D eigenvalue weighted by atomic mass is 9.84. The van der Waals surface area contributed by atoms with Gasteiger partial charge in [0.25, 0.3) is 0 Å². The molecule has 0 spiro atoms. The lowest BCUT2D eigenvalue weighted by Crippen LogP contribution is -1.92. The Hall–Kier alpha value is -6.44. The predicted octanol–water partition coefficient (Wildman–Crippen LogP) is 13.7. The topological polar surface area (TPSA) is 13.1 Å². The molecule has 0 saturated heterocycles. The molecule has 0 fully saturated rings. The molecule has 10 rings (SSSR count). The van der Waals surface area contributed by atoms with Crippen molar-refractivity contribution in [3.8, 4) is 44.5 Å². The van der Waals surface area contributed by atoms with Gasteiger partial charge in [-0.2, -0.15) is 0 Å². The number of rotatable bonds is 4. The molecule has 10 aromatic rings. The monoisotopic (exact) mass is 622 g/mol. The summed E-state index contributed by atoms with van der Waals surface area (Å²) in [5.74, 6) is 0. The summed E-state index contributed by atoms with van der Waals surface area (Å²) < 4.78 is 6.10. The van der Waals surface area contributed by atoms with E-state index in [-0.39, 0.29) is 0 Å². The van der Waals surface area contributed by atoms with Gasteiger partial charge in [0.1, 0.15) is 11.2 Å². The van der Waals surface area contributed by atoms with Crippen molar-refractivity contribution in [3.63, 3.8) is 0 Å². The molecule has 0 aliphatic heterocycles. The van der Waals surface area contributed by atoms with Gasteiger partial charge in [-0.25, -0.2) is 0 Å². The van der Waals surface area contributed by atoms with Crippen LogP contribution in [0, 0.1) is 0 Å². The first kappa shape index (κ1) is 27.7. The lowest BCUT2D eigenvalue weighted by Gasteiger charge is -2.19. The van der Waals surface area contributed by atoms with E-state index in [1.165, 1.54) is 76.8 Å². The maximum Gasteiger partial charge on any atom is 0.135 e. The van der Waals surface area contributed by atoms with E-state index in [4.69, 9.17) is 4.42 Å². The molecule has 0 N–H and O–H groups in total. The van der Waals surface area contributed by atoms with E-state index >= 15 is 0 Å². The highest BCUT2D eigenvalue weighted by Crippen LogP contribution is 2.45. The van der Waals surface area contributed by atoms with Crippen LogP contribution in [-0.4, -0.2) is 0 Å². The largest absolute Gasteiger partial charge is 0.456 e. The first-order chi connectivity index (χ1) is 24.3. The van der Waals surface area contributed by atoms with Gasteiger partial charge in [0, 0.05) is 10.8 Å². The zero-order valence-corrected chi connectivity index (χ0v) is 26.7. The highest BCUT2D eigenvalue weighted by atomic mass is 16.3. The molecule has 0 saturated carbocycles. The maximum atomic E-state index is 6.10. The fourth-order valence-electron chi connectivity index (χ4n) is 7.78. The van der Waals surface area contributed by atoms with Crippen LogP contribution in [0.15, 0.2) is 186 Å². The number of fused-ring (bicyclic) bond motifs is 6. The minimum atomic E-state index is 0.917. The standard InChI is InChI=1S/C48H30O/c1-2-12-33(13-3-1)48-41-18-7-6-17-40(41)47(42-27-25-36(30-44(42)48)38-19-10-14-32-11-4-5-15-37(32)38)34-23-21-31(22-24-34)35-26-28-46-43(29-35)39-16-8-9-20-45(39)49-46/h1-30H. The third-order valence-electron chi connectivity index (χ3n) is 10.1. The summed E-state index contributed by atoms with van der Waals surface area (Å²) in [5.41, 5.74) is 11.6. The Balaban J connectivity index is 1.19. The van der Waals surface area contributed by atoms with Gasteiger partial charge in [0.15, 0.2) is 0 Å². The molecule has 0 aliphatic carbocycles. The second-order valence-corrected chi connectivity index (χ2v) is 12.8. The summed E-state index contributed by atoms with van der Waals surface area (Å²) >= 11 is 0. The molecule has 1 heteroatoms. The van der Waals surface area contributed by atoms with Gasteiger partial charge >= 0.3 is 0 Å². The molecule has 228 valence electrons. The molecule has 0 atom stereocenters. The smallest absolute Gasteiger partial charge is 0.135 e. The Bertz CT molecular complexity index is 2850. The van der Waals surface area contributed by atoms with Crippen LogP contribution in [0.1, 0.15) is 0 Å². The third kappa shape index (κ3) is 4.47. The quantitative estimate of drug-likeness (QED) is 0.178. The molecule has 0 aliphatic rings. The lowest BCUT2D eigenvalue weighted by molar-refractivity contribution is 0.669. The van der Waals surface area contributed by atoms with Gasteiger partial charge in [-0.15, -0.1) is 0 Å². The zero-order chi connectivity index (χ0) is 32.3. The second kappa shape index (κ2) is 11.1. The van der Waals surface area contributed by atoms with Crippen LogP contribution in [0.3, 0.4) is 0 Å². The van der Waals surface area contributed by atoms with Crippen LogP contribution in [0.5, 0.6) is 0 Å². The fraction of sp³-hybridized carbons (Fsp3) is 0. The number of benzene rings is 9. The van der Waals surface area contributed by atoms with Crippen molar-refractivity contribution in [2.75, 3.05) is 0 Å². The Morgan fingerprint density at radius 3 is 1.61 bits per heavy atom. The number of furan rings is 1. The van der Waals surface area contributed by atoms with Crippen LogP contribution < -0.4 is 0 Å². The molecular weight excluding hydrogens is 593 g/mol. The van der Waals surface area contributed by atoms with Gasteiger partial charge in [-0.05, 0) is 101 Å². The number of hydrogen-bond donors (Lipinski definition) is 0. The maximum absolute atomic E-state index is 6.10. The summed E-state index contributed by atoms with van der Waals surface area (Å²) in [4.78, 5) is 0. The van der Waals surface area contributed by atoms with Crippen LogP contribution in [-0.2, 0) is 0 Å². The molecule has 9 aromatic carbocycles. The van der Waals surface area contributed by atoms with Crippen molar-refractivity contribution in [2.45, 2.75) is 0 Å². The molecule has 1 nitrogen and oxygen atoms in total. The van der Waals surface area contributed by atoms with Crippen LogP contribution >= 0.6 is 0 Å². The van der Waals surface area contributed by atoms with Crippen LogP contribution in [0.4, 0.5) is 0 Å². The average molecular weight is 623 g/mol. The van der Waals surface area contributed by atoms with Crippen molar-refractivity contribution < 1.29 is 4.42 Å². The SMILES string of the molecule is c1ccc(-c2c3ccccc3c(-c3ccc(-c4ccc5oc6ccccc6c5c4)cc3)c3ccc(-c4cccc5ccccc45)cc23)cc1. The van der Waals surface area contributed by atoms with Crippen molar-refractivity contribution in [1.29, 1.82) is 0 Å². The van der Waals surface area contributed by atoms with E-state index in [1.807, 2.05) is 12.1 Å². The predicted molar refractivity (Wildman–Crippen MR) is 208 cm³/mol. The first-order valence-corrected chi connectivity index (χ1v) is 16.8. The average Bonchev–Trinajstić information content (AvgIpc) is 3.55. The van der Waals surface area contributed by atoms with E-state index in [2.05, 4.69) is 170 Å². The fourth-order valence-corrected chi connectivity index (χ4v) is 7.78. The number of hydrogen-bond acceptors (Lipinski definition) is 1. The van der Waals surface area contributed by atoms with Gasteiger partial charge in [-0.3, -0.25) is 0 Å². The first-order valence-electron chi connectivity index (χ1n) is 16.8. The van der Waals surface area contributed by atoms with Crippen molar-refractivity contribution >= 4 is 54.3 Å². The van der Waals surface area contributed by atoms with Crippen LogP contribution in [0.2, 0.25) is 0 Å². The molecule has 1 aromatic heterocycles. The van der Waals surface area contributed by atoms with Crippen LogP contribution in [0.25, 0.3) is 98.8 Å². The highest BCUT2D eigenvalue weighted by Gasteiger charge is 2.18. The Kier molecular flexibility index (Phi) is 6.25. The minimum Gasteiger partial charge on any atom is -0.456 e. The van der Waals surface area contributed by atoms with E-state index in [1.54, 1.807) is 0 Å². The molecule has 0 amide bonds. The molecular formula is C48H30O. The van der Waals surface area contributed by atoms with E-state index in [9.17, 15) is 0 Å². The Labute approximate surface area is 284 Å². The van der Waals surface area contributed by atoms with Crippen molar-refractivity contribution in [1.82, 2.24) is 0 Å². The summed E-state index contributed by atoms with van der Waals surface area (Å²) in [6, 6.07) is 65.9. The van der Waals surface area contributed by atoms with Crippen molar-refractivity contribution in [3.05, 3.63) is 182 Å². The molecule has 0 radical (unpaired) electrons. The summed E-state index contributed by atoms with van der Waals surface area (Å²) in [6.45, 7) is 0. The summed E-state index contributed by atoms with van der Waals surface area (Å²) in [5, 5.41) is 9.83. The van der Waals surface area contributed by atoms with E-state index < -0.39 is 0 Å². The minimum absolute atomic E-state index is 0.917. The number of para-hydroxylation sites is 1. The normalized spacial score (nSPS) is 11.7. The molecule has 49 heavy (non-hydrogen) atoms. The van der Waals surface area contributed by atoms with E-state index in [0.29, 0.717) is 0 Å². The second-order valence-electron chi connectivity index (χ2n) is 12.8. The highest BCUT2D eigenvalue weighted by molar-refractivity contribution is 6.22. The van der Waals surface area contributed by atoms with Gasteiger partial charge in [0.05, 0.1) is 0 Å². The Morgan fingerprint density at radius 2 is 0.796 bits per heavy atom. The third-order valence-corrected chi connectivity index (χ3v) is 10.1. The summed E-state index contributed by atoms with van der Waals surface area (Å²) in [7, 11) is 0. The zero-order valence-electron chi connectivity index (χ0n) is 26.7. The van der Waals surface area contributed by atoms with Gasteiger partial charge in [-0.1, -0.05) is 158 Å². The molecule has 0 bridgehead atoms. The summed E-state index contributed by atoms with van der Waals surface area (Å²) in [6.07, 6.45) is 0. The van der Waals surface area contributed by atoms with Crippen molar-refractivity contribution in [2.24, 2.45) is 0 Å². The van der Waals surface area contributed by atoms with Gasteiger partial charge < -0.3 is 4.42 Å². The van der Waals surface area contributed by atoms with Gasteiger partial charge in [0.2, 0.25) is 0 Å². The Morgan fingerprint density at radius 1 is 0.265 bits per heavy atom. The molecule has 0 unspecified atom stereocenters.